The number of ether oxygens (including phenoxy) is 2. The van der Waals surface area contributed by atoms with Gasteiger partial charge in [-0.1, -0.05) is 18.2 Å². The van der Waals surface area contributed by atoms with Crippen molar-refractivity contribution in [3.05, 3.63) is 66.1 Å². The molecule has 2 heterocycles. The zero-order valence-electron chi connectivity index (χ0n) is 17.0. The minimum atomic E-state index is -0.403. The van der Waals surface area contributed by atoms with Gasteiger partial charge in [0.15, 0.2) is 0 Å². The Morgan fingerprint density at radius 2 is 2.00 bits per heavy atom. The van der Waals surface area contributed by atoms with Crippen molar-refractivity contribution in [3.8, 4) is 22.7 Å². The topological polar surface area (TPSA) is 56.6 Å². The molecule has 1 aliphatic rings. The monoisotopic (exact) mass is 409 g/mol. The van der Waals surface area contributed by atoms with E-state index < -0.39 is 5.82 Å². The van der Waals surface area contributed by atoms with E-state index >= 15 is 0 Å². The summed E-state index contributed by atoms with van der Waals surface area (Å²) in [6.45, 7) is 1.26. The summed E-state index contributed by atoms with van der Waals surface area (Å²) in [5.74, 6) is -0.189. The van der Waals surface area contributed by atoms with Crippen LogP contribution in [-0.2, 0) is 16.1 Å². The van der Waals surface area contributed by atoms with Gasteiger partial charge in [-0.15, -0.1) is 0 Å². The number of benzene rings is 2. The van der Waals surface area contributed by atoms with Gasteiger partial charge in [0.25, 0.3) is 0 Å². The number of esters is 1. The Balaban J connectivity index is 1.75. The van der Waals surface area contributed by atoms with Gasteiger partial charge in [0.05, 0.1) is 19.9 Å². The van der Waals surface area contributed by atoms with Crippen molar-refractivity contribution in [2.24, 2.45) is 0 Å². The van der Waals surface area contributed by atoms with E-state index in [1.165, 1.54) is 20.3 Å². The Morgan fingerprint density at radius 1 is 1.20 bits per heavy atom. The average Bonchev–Trinajstić information content (AvgIpc) is 3.41. The Morgan fingerprint density at radius 3 is 2.70 bits per heavy atom. The van der Waals surface area contributed by atoms with Gasteiger partial charge in [0.2, 0.25) is 0 Å². The fraction of sp³-hybridized carbons (Fsp3) is 0.304. The first-order valence-electron chi connectivity index (χ1n) is 9.90. The number of rotatable bonds is 6. The number of hydrogen-bond donors (Lipinski definition) is 0. The molecule has 0 N–H and O–H groups in total. The Bertz CT molecular complexity index is 1040. The van der Waals surface area contributed by atoms with E-state index in [-0.39, 0.29) is 12.0 Å². The number of aromatic nitrogens is 2. The average molecular weight is 409 g/mol. The summed E-state index contributed by atoms with van der Waals surface area (Å²) in [5, 5.41) is 4.69. The molecule has 7 heteroatoms. The molecule has 3 aromatic rings. The number of para-hydroxylation sites is 1. The van der Waals surface area contributed by atoms with Gasteiger partial charge in [-0.3, -0.25) is 9.69 Å². The first-order chi connectivity index (χ1) is 14.6. The molecule has 0 amide bonds. The van der Waals surface area contributed by atoms with E-state index in [0.29, 0.717) is 23.6 Å². The summed E-state index contributed by atoms with van der Waals surface area (Å²) in [6.07, 6.45) is 3.57. The van der Waals surface area contributed by atoms with Crippen LogP contribution in [0.25, 0.3) is 16.9 Å². The minimum absolute atomic E-state index is 0.236. The van der Waals surface area contributed by atoms with Crippen LogP contribution < -0.4 is 4.74 Å². The van der Waals surface area contributed by atoms with Crippen molar-refractivity contribution in [2.45, 2.75) is 25.4 Å². The third kappa shape index (κ3) is 3.93. The third-order valence-electron chi connectivity index (χ3n) is 5.45. The SMILES string of the molecule is COC(=O)C1CCCN1Cc1cn(-c2ccccc2)nc1-c1ccc(OC)cc1F. The lowest BCUT2D eigenvalue weighted by atomic mass is 10.1. The number of likely N-dealkylation sites (tertiary alicyclic amines) is 1. The van der Waals surface area contributed by atoms with Crippen LogP contribution in [0.5, 0.6) is 5.75 Å². The van der Waals surface area contributed by atoms with Gasteiger partial charge in [0.1, 0.15) is 23.3 Å². The first kappa shape index (κ1) is 20.1. The van der Waals surface area contributed by atoms with Crippen LogP contribution in [0, 0.1) is 5.82 Å². The maximum Gasteiger partial charge on any atom is 0.323 e. The Hall–Kier alpha value is -3.19. The van der Waals surface area contributed by atoms with E-state index in [1.54, 1.807) is 16.8 Å². The van der Waals surface area contributed by atoms with Gasteiger partial charge >= 0.3 is 5.97 Å². The fourth-order valence-electron chi connectivity index (χ4n) is 3.92. The highest BCUT2D eigenvalue weighted by atomic mass is 19.1. The minimum Gasteiger partial charge on any atom is -0.497 e. The molecule has 1 aromatic heterocycles. The number of carbonyl (C=O) groups excluding carboxylic acids is 1. The number of carbonyl (C=O) groups is 1. The van der Waals surface area contributed by atoms with Crippen LogP contribution in [0.3, 0.4) is 0 Å². The van der Waals surface area contributed by atoms with Crippen LogP contribution in [0.15, 0.2) is 54.7 Å². The van der Waals surface area contributed by atoms with Gasteiger partial charge in [0, 0.05) is 29.9 Å². The fourth-order valence-corrected chi connectivity index (χ4v) is 3.92. The molecule has 6 nitrogen and oxygen atoms in total. The third-order valence-corrected chi connectivity index (χ3v) is 5.45. The molecule has 0 bridgehead atoms. The van der Waals surface area contributed by atoms with Crippen molar-refractivity contribution in [1.82, 2.24) is 14.7 Å². The van der Waals surface area contributed by atoms with Crippen molar-refractivity contribution in [1.29, 1.82) is 0 Å². The summed E-state index contributed by atoms with van der Waals surface area (Å²) < 4.78 is 26.7. The quantitative estimate of drug-likeness (QED) is 0.580. The number of hydrogen-bond acceptors (Lipinski definition) is 5. The summed E-state index contributed by atoms with van der Waals surface area (Å²) in [6, 6.07) is 14.1. The van der Waals surface area contributed by atoms with Crippen molar-refractivity contribution in [3.63, 3.8) is 0 Å². The molecule has 0 radical (unpaired) electrons. The zero-order chi connectivity index (χ0) is 21.1. The second-order valence-electron chi connectivity index (χ2n) is 7.28. The van der Waals surface area contributed by atoms with Crippen LogP contribution >= 0.6 is 0 Å². The molecule has 156 valence electrons. The second kappa shape index (κ2) is 8.67. The zero-order valence-corrected chi connectivity index (χ0v) is 17.0. The number of halogens is 1. The number of methoxy groups -OCH3 is 2. The van der Waals surface area contributed by atoms with Gasteiger partial charge in [-0.25, -0.2) is 9.07 Å². The van der Waals surface area contributed by atoms with E-state index in [9.17, 15) is 9.18 Å². The van der Waals surface area contributed by atoms with Crippen molar-refractivity contribution in [2.75, 3.05) is 20.8 Å². The van der Waals surface area contributed by atoms with Crippen LogP contribution in [0.2, 0.25) is 0 Å². The lowest BCUT2D eigenvalue weighted by Gasteiger charge is -2.22. The standard InChI is InChI=1S/C23H24FN3O3/c1-29-18-10-11-19(20(24)13-18)22-16(14-26-12-6-9-21(26)23(28)30-2)15-27(25-22)17-7-4-3-5-8-17/h3-5,7-8,10-11,13,15,21H,6,9,12,14H2,1-2H3. The molecule has 1 aliphatic heterocycles. The van der Waals surface area contributed by atoms with Crippen LogP contribution in [0.1, 0.15) is 18.4 Å². The molecule has 30 heavy (non-hydrogen) atoms. The molecular weight excluding hydrogens is 385 g/mol. The predicted molar refractivity (Wildman–Crippen MR) is 111 cm³/mol. The number of nitrogens with zero attached hydrogens (tertiary/aromatic N) is 3. The van der Waals surface area contributed by atoms with E-state index in [4.69, 9.17) is 14.6 Å². The molecule has 1 unspecified atom stereocenters. The maximum absolute atomic E-state index is 14.9. The van der Waals surface area contributed by atoms with Gasteiger partial charge < -0.3 is 9.47 Å². The molecule has 4 rings (SSSR count). The van der Waals surface area contributed by atoms with Crippen molar-refractivity contribution < 1.29 is 18.7 Å². The molecule has 1 atom stereocenters. The summed E-state index contributed by atoms with van der Waals surface area (Å²) in [7, 11) is 2.91. The lowest BCUT2D eigenvalue weighted by molar-refractivity contribution is -0.146. The molecule has 0 spiro atoms. The van der Waals surface area contributed by atoms with E-state index in [0.717, 1.165) is 30.6 Å². The smallest absolute Gasteiger partial charge is 0.323 e. The molecule has 0 aliphatic carbocycles. The highest BCUT2D eigenvalue weighted by Gasteiger charge is 2.32. The molecule has 0 saturated carbocycles. The van der Waals surface area contributed by atoms with Gasteiger partial charge in [-0.2, -0.15) is 5.10 Å². The molecule has 1 fully saturated rings. The summed E-state index contributed by atoms with van der Waals surface area (Å²) in [4.78, 5) is 14.2. The first-order valence-corrected chi connectivity index (χ1v) is 9.90. The normalized spacial score (nSPS) is 16.6. The summed E-state index contributed by atoms with van der Waals surface area (Å²) >= 11 is 0. The predicted octanol–water partition coefficient (Wildman–Crippen LogP) is 3.82. The Labute approximate surface area is 174 Å². The lowest BCUT2D eigenvalue weighted by Crippen LogP contribution is -2.36. The highest BCUT2D eigenvalue weighted by molar-refractivity contribution is 5.76. The van der Waals surface area contributed by atoms with E-state index in [1.807, 2.05) is 36.5 Å². The highest BCUT2D eigenvalue weighted by Crippen LogP contribution is 2.31. The van der Waals surface area contributed by atoms with Crippen molar-refractivity contribution >= 4 is 5.97 Å². The van der Waals surface area contributed by atoms with Crippen LogP contribution in [-0.4, -0.2) is 47.5 Å². The van der Waals surface area contributed by atoms with Crippen LogP contribution in [0.4, 0.5) is 4.39 Å². The van der Waals surface area contributed by atoms with E-state index in [2.05, 4.69) is 4.90 Å². The summed E-state index contributed by atoms with van der Waals surface area (Å²) in [5.41, 5.74) is 2.67. The largest absolute Gasteiger partial charge is 0.497 e. The molecular formula is C23H24FN3O3. The van der Waals surface area contributed by atoms with Gasteiger partial charge in [-0.05, 0) is 43.7 Å². The second-order valence-corrected chi connectivity index (χ2v) is 7.28. The maximum atomic E-state index is 14.9. The Kier molecular flexibility index (Phi) is 5.81. The molecule has 1 saturated heterocycles. The molecule has 2 aromatic carbocycles.